The van der Waals surface area contributed by atoms with E-state index in [1.807, 2.05) is 17.7 Å². The summed E-state index contributed by atoms with van der Waals surface area (Å²) in [6.07, 6.45) is 6.94. The Morgan fingerprint density at radius 2 is 2.14 bits per heavy atom. The molecular weight excluding hydrogens is 276 g/mol. The van der Waals surface area contributed by atoms with E-state index in [9.17, 15) is 5.11 Å². The molecule has 0 saturated heterocycles. The number of aryl methyl sites for hydroxylation is 2. The Balaban J connectivity index is 1.60. The van der Waals surface area contributed by atoms with E-state index in [2.05, 4.69) is 39.5 Å². The third-order valence-corrected chi connectivity index (χ3v) is 4.07. The SMILES string of the molecule is CCC(O)Cn1ncnc1CCCc1c[nH]c2ccccc12. The van der Waals surface area contributed by atoms with Crippen molar-refractivity contribution in [3.63, 3.8) is 0 Å². The van der Waals surface area contributed by atoms with Gasteiger partial charge in [0.1, 0.15) is 12.2 Å². The molecule has 0 fully saturated rings. The van der Waals surface area contributed by atoms with E-state index in [1.54, 1.807) is 6.33 Å². The normalized spacial score (nSPS) is 12.8. The molecule has 22 heavy (non-hydrogen) atoms. The molecule has 0 amide bonds. The number of nitrogens with zero attached hydrogens (tertiary/aromatic N) is 3. The van der Waals surface area contributed by atoms with Gasteiger partial charge >= 0.3 is 0 Å². The first-order valence-corrected chi connectivity index (χ1v) is 7.87. The highest BCUT2D eigenvalue weighted by atomic mass is 16.3. The molecule has 3 aromatic rings. The number of fused-ring (bicyclic) bond motifs is 1. The van der Waals surface area contributed by atoms with E-state index in [-0.39, 0.29) is 6.10 Å². The molecule has 116 valence electrons. The average Bonchev–Trinajstić information content (AvgIpc) is 3.15. The van der Waals surface area contributed by atoms with E-state index in [0.717, 1.165) is 31.5 Å². The molecule has 0 saturated carbocycles. The summed E-state index contributed by atoms with van der Waals surface area (Å²) in [5, 5.41) is 15.3. The van der Waals surface area contributed by atoms with Crippen LogP contribution >= 0.6 is 0 Å². The van der Waals surface area contributed by atoms with Gasteiger partial charge in [-0.25, -0.2) is 9.67 Å². The summed E-state index contributed by atoms with van der Waals surface area (Å²) in [5.74, 6) is 0.951. The Morgan fingerprint density at radius 3 is 3.00 bits per heavy atom. The number of H-pyrrole nitrogens is 1. The van der Waals surface area contributed by atoms with Crippen molar-refractivity contribution in [2.75, 3.05) is 0 Å². The van der Waals surface area contributed by atoms with Gasteiger partial charge in [-0.1, -0.05) is 25.1 Å². The van der Waals surface area contributed by atoms with Gasteiger partial charge in [-0.15, -0.1) is 0 Å². The molecule has 5 heteroatoms. The van der Waals surface area contributed by atoms with Gasteiger partial charge in [0.25, 0.3) is 0 Å². The second kappa shape index (κ2) is 6.75. The van der Waals surface area contributed by atoms with Crippen molar-refractivity contribution in [1.82, 2.24) is 19.7 Å². The van der Waals surface area contributed by atoms with E-state index in [4.69, 9.17) is 0 Å². The summed E-state index contributed by atoms with van der Waals surface area (Å²) in [6, 6.07) is 8.37. The van der Waals surface area contributed by atoms with E-state index >= 15 is 0 Å². The number of hydrogen-bond donors (Lipinski definition) is 2. The molecule has 0 radical (unpaired) electrons. The third-order valence-electron chi connectivity index (χ3n) is 4.07. The van der Waals surface area contributed by atoms with Crippen molar-refractivity contribution >= 4 is 10.9 Å². The number of aromatic nitrogens is 4. The summed E-state index contributed by atoms with van der Waals surface area (Å²) >= 11 is 0. The van der Waals surface area contributed by atoms with Gasteiger partial charge in [0.2, 0.25) is 0 Å². The minimum absolute atomic E-state index is 0.353. The molecule has 3 rings (SSSR count). The van der Waals surface area contributed by atoms with Crippen LogP contribution in [-0.4, -0.2) is 31.0 Å². The number of benzene rings is 1. The van der Waals surface area contributed by atoms with Gasteiger partial charge in [-0.3, -0.25) is 0 Å². The lowest BCUT2D eigenvalue weighted by Crippen LogP contribution is -2.18. The summed E-state index contributed by atoms with van der Waals surface area (Å²) in [4.78, 5) is 7.63. The van der Waals surface area contributed by atoms with Gasteiger partial charge in [0, 0.05) is 23.5 Å². The predicted octanol–water partition coefficient (Wildman–Crippen LogP) is 2.71. The molecule has 5 nitrogen and oxygen atoms in total. The van der Waals surface area contributed by atoms with Crippen LogP contribution in [0.15, 0.2) is 36.8 Å². The summed E-state index contributed by atoms with van der Waals surface area (Å²) in [7, 11) is 0. The first-order chi connectivity index (χ1) is 10.8. The number of aliphatic hydroxyl groups excluding tert-OH is 1. The van der Waals surface area contributed by atoms with Crippen molar-refractivity contribution < 1.29 is 5.11 Å². The number of aromatic amines is 1. The lowest BCUT2D eigenvalue weighted by Gasteiger charge is -2.10. The van der Waals surface area contributed by atoms with Crippen molar-refractivity contribution in [3.05, 3.63) is 48.2 Å². The zero-order valence-corrected chi connectivity index (χ0v) is 12.9. The number of hydrogen-bond acceptors (Lipinski definition) is 3. The van der Waals surface area contributed by atoms with E-state index < -0.39 is 0 Å². The van der Waals surface area contributed by atoms with Crippen molar-refractivity contribution in [3.8, 4) is 0 Å². The van der Waals surface area contributed by atoms with Crippen molar-refractivity contribution in [2.24, 2.45) is 0 Å². The number of para-hydroxylation sites is 1. The highest BCUT2D eigenvalue weighted by Gasteiger charge is 2.09. The van der Waals surface area contributed by atoms with Crippen LogP contribution in [0.2, 0.25) is 0 Å². The van der Waals surface area contributed by atoms with Gasteiger partial charge in [-0.2, -0.15) is 5.10 Å². The van der Waals surface area contributed by atoms with E-state index in [1.165, 1.54) is 16.5 Å². The summed E-state index contributed by atoms with van der Waals surface area (Å²) < 4.78 is 1.82. The van der Waals surface area contributed by atoms with Crippen LogP contribution in [0.5, 0.6) is 0 Å². The fraction of sp³-hybridized carbons (Fsp3) is 0.412. The largest absolute Gasteiger partial charge is 0.391 e. The van der Waals surface area contributed by atoms with Crippen LogP contribution in [0.25, 0.3) is 10.9 Å². The Kier molecular flexibility index (Phi) is 4.53. The summed E-state index contributed by atoms with van der Waals surface area (Å²) in [6.45, 7) is 2.50. The second-order valence-corrected chi connectivity index (χ2v) is 5.63. The summed E-state index contributed by atoms with van der Waals surface area (Å²) in [5.41, 5.74) is 2.53. The maximum absolute atomic E-state index is 9.76. The maximum atomic E-state index is 9.76. The number of aliphatic hydroxyl groups is 1. The molecule has 0 aliphatic heterocycles. The fourth-order valence-electron chi connectivity index (χ4n) is 2.74. The molecule has 2 aromatic heterocycles. The van der Waals surface area contributed by atoms with Crippen molar-refractivity contribution in [2.45, 2.75) is 45.3 Å². The van der Waals surface area contributed by atoms with Crippen LogP contribution < -0.4 is 0 Å². The Labute approximate surface area is 130 Å². The van der Waals surface area contributed by atoms with Crippen LogP contribution in [0.4, 0.5) is 0 Å². The molecule has 0 bridgehead atoms. The first-order valence-electron chi connectivity index (χ1n) is 7.87. The van der Waals surface area contributed by atoms with Crippen LogP contribution in [0.1, 0.15) is 31.2 Å². The third kappa shape index (κ3) is 3.20. The Hall–Kier alpha value is -2.14. The van der Waals surface area contributed by atoms with Crippen molar-refractivity contribution in [1.29, 1.82) is 0 Å². The molecule has 0 aliphatic carbocycles. The maximum Gasteiger partial charge on any atom is 0.138 e. The first kappa shape index (κ1) is 14.8. The van der Waals surface area contributed by atoms with Gasteiger partial charge in [0.15, 0.2) is 0 Å². The van der Waals surface area contributed by atoms with E-state index in [0.29, 0.717) is 6.54 Å². The molecule has 0 spiro atoms. The minimum atomic E-state index is -0.353. The molecule has 2 N–H and O–H groups in total. The lowest BCUT2D eigenvalue weighted by atomic mass is 10.1. The standard InChI is InChI=1S/C17H22N4O/c1-2-14(22)11-21-17(19-12-20-21)9-5-6-13-10-18-16-8-4-3-7-15(13)16/h3-4,7-8,10,12,14,18,22H,2,5-6,9,11H2,1H3. The van der Waals surface area contributed by atoms with Crippen LogP contribution in [0, 0.1) is 0 Å². The molecule has 2 heterocycles. The molecule has 1 unspecified atom stereocenters. The molecular formula is C17H22N4O. The smallest absolute Gasteiger partial charge is 0.138 e. The predicted molar refractivity (Wildman–Crippen MR) is 86.6 cm³/mol. The molecule has 1 atom stereocenters. The van der Waals surface area contributed by atoms with Gasteiger partial charge in [-0.05, 0) is 30.9 Å². The fourth-order valence-corrected chi connectivity index (χ4v) is 2.74. The van der Waals surface area contributed by atoms with Gasteiger partial charge < -0.3 is 10.1 Å². The zero-order chi connectivity index (χ0) is 15.4. The minimum Gasteiger partial charge on any atom is -0.391 e. The Morgan fingerprint density at radius 1 is 1.27 bits per heavy atom. The van der Waals surface area contributed by atoms with Crippen LogP contribution in [0.3, 0.4) is 0 Å². The second-order valence-electron chi connectivity index (χ2n) is 5.63. The van der Waals surface area contributed by atoms with Crippen LogP contribution in [-0.2, 0) is 19.4 Å². The highest BCUT2D eigenvalue weighted by molar-refractivity contribution is 5.82. The lowest BCUT2D eigenvalue weighted by molar-refractivity contribution is 0.143. The topological polar surface area (TPSA) is 66.7 Å². The quantitative estimate of drug-likeness (QED) is 0.705. The molecule has 0 aliphatic rings. The highest BCUT2D eigenvalue weighted by Crippen LogP contribution is 2.19. The van der Waals surface area contributed by atoms with Gasteiger partial charge in [0.05, 0.1) is 12.6 Å². The molecule has 1 aromatic carbocycles. The number of nitrogens with one attached hydrogen (secondary N) is 1. The Bertz CT molecular complexity index is 731. The average molecular weight is 298 g/mol. The zero-order valence-electron chi connectivity index (χ0n) is 12.9. The monoisotopic (exact) mass is 298 g/mol. The number of rotatable bonds is 7.